The quantitative estimate of drug-likeness (QED) is 0.515. The molecule has 0 spiro atoms. The van der Waals surface area contributed by atoms with Crippen LogP contribution in [0.4, 0.5) is 0 Å². The van der Waals surface area contributed by atoms with Crippen LogP contribution in [0.2, 0.25) is 0 Å². The van der Waals surface area contributed by atoms with Gasteiger partial charge in [-0.3, -0.25) is 0 Å². The summed E-state index contributed by atoms with van der Waals surface area (Å²) >= 11 is 1.75. The van der Waals surface area contributed by atoms with Crippen LogP contribution in [0.25, 0.3) is 0 Å². The molecule has 0 aromatic rings. The second-order valence-corrected chi connectivity index (χ2v) is 2.86. The number of allylic oxidation sites excluding steroid dienone is 3. The van der Waals surface area contributed by atoms with Gasteiger partial charge in [-0.1, -0.05) is 18.2 Å². The first-order valence-corrected chi connectivity index (χ1v) is 3.77. The van der Waals surface area contributed by atoms with Crippen molar-refractivity contribution in [2.75, 3.05) is 6.26 Å². The fraction of sp³-hybridized carbons (Fsp3) is 0.429. The van der Waals surface area contributed by atoms with Crippen LogP contribution >= 0.6 is 11.8 Å². The van der Waals surface area contributed by atoms with Gasteiger partial charge >= 0.3 is 0 Å². The van der Waals surface area contributed by atoms with Crippen molar-refractivity contribution in [2.45, 2.75) is 13.8 Å². The highest BCUT2D eigenvalue weighted by Gasteiger charge is 1.81. The Morgan fingerprint density at radius 3 is 2.12 bits per heavy atom. The second kappa shape index (κ2) is 3.79. The van der Waals surface area contributed by atoms with Crippen LogP contribution in [0, 0.1) is 0 Å². The highest BCUT2D eigenvalue weighted by atomic mass is 32.2. The third kappa shape index (κ3) is 4.00. The SMILES string of the molecule is C=C(C)C=C(C)SC. The molecule has 0 amide bonds. The molecule has 0 saturated heterocycles. The van der Waals surface area contributed by atoms with Gasteiger partial charge in [-0.25, -0.2) is 0 Å². The van der Waals surface area contributed by atoms with Gasteiger partial charge in [0.15, 0.2) is 0 Å². The third-order valence-corrected chi connectivity index (χ3v) is 1.53. The molecule has 0 fully saturated rings. The van der Waals surface area contributed by atoms with Crippen molar-refractivity contribution in [3.63, 3.8) is 0 Å². The molecule has 0 radical (unpaired) electrons. The molecule has 0 atom stereocenters. The second-order valence-electron chi connectivity index (χ2n) is 1.81. The van der Waals surface area contributed by atoms with Gasteiger partial charge in [-0.05, 0) is 25.0 Å². The third-order valence-electron chi connectivity index (χ3n) is 0.772. The molecule has 0 aliphatic rings. The fourth-order valence-electron chi connectivity index (χ4n) is 0.406. The van der Waals surface area contributed by atoms with Crippen molar-refractivity contribution < 1.29 is 0 Å². The minimum atomic E-state index is 1.12. The van der Waals surface area contributed by atoms with Gasteiger partial charge in [0, 0.05) is 0 Å². The fourth-order valence-corrected chi connectivity index (χ4v) is 0.725. The Morgan fingerprint density at radius 1 is 1.50 bits per heavy atom. The van der Waals surface area contributed by atoms with E-state index in [0.717, 1.165) is 5.57 Å². The maximum absolute atomic E-state index is 3.75. The zero-order valence-corrected chi connectivity index (χ0v) is 6.51. The van der Waals surface area contributed by atoms with Crippen LogP contribution in [-0.4, -0.2) is 6.26 Å². The van der Waals surface area contributed by atoms with Crippen LogP contribution in [0.5, 0.6) is 0 Å². The van der Waals surface area contributed by atoms with Gasteiger partial charge in [-0.15, -0.1) is 11.8 Å². The summed E-state index contributed by atoms with van der Waals surface area (Å²) in [6.07, 6.45) is 4.14. The predicted octanol–water partition coefficient (Wildman–Crippen LogP) is 2.83. The highest BCUT2D eigenvalue weighted by molar-refractivity contribution is 8.02. The predicted molar refractivity (Wildman–Crippen MR) is 42.1 cm³/mol. The Bertz CT molecular complexity index is 112. The van der Waals surface area contributed by atoms with E-state index in [9.17, 15) is 0 Å². The van der Waals surface area contributed by atoms with E-state index in [4.69, 9.17) is 0 Å². The number of thioether (sulfide) groups is 1. The van der Waals surface area contributed by atoms with E-state index >= 15 is 0 Å². The van der Waals surface area contributed by atoms with E-state index in [2.05, 4.69) is 25.8 Å². The number of rotatable bonds is 2. The highest BCUT2D eigenvalue weighted by Crippen LogP contribution is 2.11. The number of hydrogen-bond donors (Lipinski definition) is 0. The Labute approximate surface area is 55.7 Å². The average molecular weight is 128 g/mol. The van der Waals surface area contributed by atoms with Crippen molar-refractivity contribution in [1.82, 2.24) is 0 Å². The Balaban J connectivity index is 3.75. The molecule has 0 rings (SSSR count). The van der Waals surface area contributed by atoms with E-state index in [-0.39, 0.29) is 0 Å². The first kappa shape index (κ1) is 7.83. The normalized spacial score (nSPS) is 11.6. The Morgan fingerprint density at radius 2 is 2.00 bits per heavy atom. The van der Waals surface area contributed by atoms with Crippen LogP contribution in [0.15, 0.2) is 23.1 Å². The zero-order chi connectivity index (χ0) is 6.57. The molecule has 1 heteroatoms. The van der Waals surface area contributed by atoms with Crippen molar-refractivity contribution in [3.05, 3.63) is 23.1 Å². The summed E-state index contributed by atoms with van der Waals surface area (Å²) in [4.78, 5) is 1.32. The molecule has 0 aromatic heterocycles. The maximum atomic E-state index is 3.75. The minimum Gasteiger partial charge on any atom is -0.134 e. The Hall–Kier alpha value is -0.170. The largest absolute Gasteiger partial charge is 0.134 e. The molecule has 0 aromatic carbocycles. The molecule has 0 saturated carbocycles. The summed E-state index contributed by atoms with van der Waals surface area (Å²) in [6, 6.07) is 0. The van der Waals surface area contributed by atoms with Gasteiger partial charge in [0.2, 0.25) is 0 Å². The molecular weight excluding hydrogens is 116 g/mol. The Kier molecular flexibility index (Phi) is 3.71. The molecule has 0 aliphatic carbocycles. The molecule has 8 heavy (non-hydrogen) atoms. The monoisotopic (exact) mass is 128 g/mol. The molecule has 0 nitrogen and oxygen atoms in total. The first-order valence-electron chi connectivity index (χ1n) is 2.54. The molecular formula is C7H12S. The zero-order valence-electron chi connectivity index (χ0n) is 5.69. The minimum absolute atomic E-state index is 1.12. The first-order chi connectivity index (χ1) is 3.66. The van der Waals surface area contributed by atoms with Crippen LogP contribution in [0.1, 0.15) is 13.8 Å². The summed E-state index contributed by atoms with van der Waals surface area (Å²) < 4.78 is 0. The topological polar surface area (TPSA) is 0 Å². The van der Waals surface area contributed by atoms with Crippen molar-refractivity contribution in [3.8, 4) is 0 Å². The lowest BCUT2D eigenvalue weighted by Gasteiger charge is -1.91. The maximum Gasteiger partial charge on any atom is -0.0140 e. The van der Waals surface area contributed by atoms with Gasteiger partial charge in [-0.2, -0.15) is 0 Å². The number of hydrogen-bond acceptors (Lipinski definition) is 1. The van der Waals surface area contributed by atoms with Crippen molar-refractivity contribution in [1.29, 1.82) is 0 Å². The van der Waals surface area contributed by atoms with Crippen LogP contribution in [0.3, 0.4) is 0 Å². The van der Waals surface area contributed by atoms with Gasteiger partial charge < -0.3 is 0 Å². The summed E-state index contributed by atoms with van der Waals surface area (Å²) in [5.41, 5.74) is 1.12. The van der Waals surface area contributed by atoms with Crippen molar-refractivity contribution >= 4 is 11.8 Å². The summed E-state index contributed by atoms with van der Waals surface area (Å²) in [7, 11) is 0. The van der Waals surface area contributed by atoms with E-state index in [0.29, 0.717) is 0 Å². The van der Waals surface area contributed by atoms with E-state index < -0.39 is 0 Å². The van der Waals surface area contributed by atoms with Crippen LogP contribution < -0.4 is 0 Å². The van der Waals surface area contributed by atoms with Gasteiger partial charge in [0.25, 0.3) is 0 Å². The molecule has 0 heterocycles. The molecule has 0 unspecified atom stereocenters. The van der Waals surface area contributed by atoms with E-state index in [1.54, 1.807) is 11.8 Å². The molecule has 0 N–H and O–H groups in total. The standard InChI is InChI=1S/C7H12S/c1-6(2)5-7(3)8-4/h5H,1H2,2-4H3. The van der Waals surface area contributed by atoms with Gasteiger partial charge in [0.05, 0.1) is 0 Å². The molecule has 0 bridgehead atoms. The summed E-state index contributed by atoms with van der Waals surface area (Å²) in [5.74, 6) is 0. The van der Waals surface area contributed by atoms with E-state index in [1.807, 2.05) is 6.92 Å². The lowest BCUT2D eigenvalue weighted by molar-refractivity contribution is 1.52. The lowest BCUT2D eigenvalue weighted by Crippen LogP contribution is -1.65. The smallest absolute Gasteiger partial charge is 0.0140 e. The van der Waals surface area contributed by atoms with Crippen LogP contribution in [-0.2, 0) is 0 Å². The molecule has 46 valence electrons. The van der Waals surface area contributed by atoms with Crippen molar-refractivity contribution in [2.24, 2.45) is 0 Å². The average Bonchev–Trinajstić information content (AvgIpc) is 1.65. The van der Waals surface area contributed by atoms with E-state index in [1.165, 1.54) is 4.91 Å². The summed E-state index contributed by atoms with van der Waals surface area (Å²) in [5, 5.41) is 0. The van der Waals surface area contributed by atoms with Gasteiger partial charge in [0.1, 0.15) is 0 Å². The summed E-state index contributed by atoms with van der Waals surface area (Å²) in [6.45, 7) is 7.84. The lowest BCUT2D eigenvalue weighted by atomic mass is 10.3. The molecule has 0 aliphatic heterocycles.